The van der Waals surface area contributed by atoms with E-state index in [0.29, 0.717) is 18.0 Å². The minimum absolute atomic E-state index is 0.0243. The highest BCUT2D eigenvalue weighted by molar-refractivity contribution is 8.00. The second kappa shape index (κ2) is 6.85. The topological polar surface area (TPSA) is 55.1 Å². The largest absolute Gasteiger partial charge is 0.399 e. The summed E-state index contributed by atoms with van der Waals surface area (Å²) in [6.45, 7) is 0.513. The molecule has 0 spiro atoms. The van der Waals surface area contributed by atoms with Crippen LogP contribution >= 0.6 is 11.8 Å². The minimum atomic E-state index is 0.0243. The summed E-state index contributed by atoms with van der Waals surface area (Å²) in [6, 6.07) is 17.4. The number of rotatable bonds is 5. The highest BCUT2D eigenvalue weighted by Gasteiger charge is 2.02. The van der Waals surface area contributed by atoms with Crippen molar-refractivity contribution in [2.45, 2.75) is 11.4 Å². The molecule has 0 saturated heterocycles. The lowest BCUT2D eigenvalue weighted by Crippen LogP contribution is -2.24. The molecular formula is C15H16N2OS. The molecule has 1 amide bonds. The van der Waals surface area contributed by atoms with Gasteiger partial charge in [0.1, 0.15) is 0 Å². The smallest absolute Gasteiger partial charge is 0.230 e. The number of anilines is 1. The van der Waals surface area contributed by atoms with Crippen molar-refractivity contribution >= 4 is 23.4 Å². The van der Waals surface area contributed by atoms with Gasteiger partial charge in [0.05, 0.1) is 5.75 Å². The maximum Gasteiger partial charge on any atom is 0.230 e. The molecule has 0 aliphatic carbocycles. The summed E-state index contributed by atoms with van der Waals surface area (Å²) in [5, 5.41) is 2.88. The van der Waals surface area contributed by atoms with Gasteiger partial charge in [0, 0.05) is 17.1 Å². The fourth-order valence-electron chi connectivity index (χ4n) is 1.62. The Hall–Kier alpha value is -1.94. The summed E-state index contributed by atoms with van der Waals surface area (Å²) in [5.74, 6) is 0.447. The summed E-state index contributed by atoms with van der Waals surface area (Å²) >= 11 is 1.53. The Labute approximate surface area is 117 Å². The lowest BCUT2D eigenvalue weighted by Gasteiger charge is -2.06. The Balaban J connectivity index is 1.76. The molecule has 0 radical (unpaired) electrons. The molecule has 4 heteroatoms. The highest BCUT2D eigenvalue weighted by Crippen LogP contribution is 2.16. The van der Waals surface area contributed by atoms with Gasteiger partial charge in [-0.1, -0.05) is 30.3 Å². The molecule has 2 aromatic carbocycles. The first-order valence-electron chi connectivity index (χ1n) is 6.03. The molecule has 0 bridgehead atoms. The molecule has 0 aliphatic heterocycles. The Morgan fingerprint density at radius 3 is 2.63 bits per heavy atom. The quantitative estimate of drug-likeness (QED) is 0.650. The summed E-state index contributed by atoms with van der Waals surface area (Å²) in [7, 11) is 0. The van der Waals surface area contributed by atoms with Gasteiger partial charge in [0.25, 0.3) is 0 Å². The zero-order valence-corrected chi connectivity index (χ0v) is 11.3. The van der Waals surface area contributed by atoms with Gasteiger partial charge >= 0.3 is 0 Å². The maximum absolute atomic E-state index is 11.7. The third kappa shape index (κ3) is 4.67. The fraction of sp³-hybridized carbons (Fsp3) is 0.133. The van der Waals surface area contributed by atoms with E-state index in [-0.39, 0.29) is 5.91 Å². The molecule has 0 atom stereocenters. The van der Waals surface area contributed by atoms with Crippen LogP contribution in [0.25, 0.3) is 0 Å². The van der Waals surface area contributed by atoms with Crippen LogP contribution in [0, 0.1) is 0 Å². The molecule has 0 unspecified atom stereocenters. The van der Waals surface area contributed by atoms with Crippen molar-refractivity contribution in [1.82, 2.24) is 5.32 Å². The van der Waals surface area contributed by atoms with Gasteiger partial charge < -0.3 is 11.1 Å². The van der Waals surface area contributed by atoms with Crippen LogP contribution in [0.2, 0.25) is 0 Å². The van der Waals surface area contributed by atoms with E-state index in [1.807, 2.05) is 54.6 Å². The van der Waals surface area contributed by atoms with Gasteiger partial charge in [-0.25, -0.2) is 0 Å². The van der Waals surface area contributed by atoms with E-state index in [1.165, 1.54) is 11.8 Å². The van der Waals surface area contributed by atoms with Crippen LogP contribution in [0.5, 0.6) is 0 Å². The number of hydrogen-bond acceptors (Lipinski definition) is 3. The van der Waals surface area contributed by atoms with Gasteiger partial charge in [-0.2, -0.15) is 0 Å². The van der Waals surface area contributed by atoms with Crippen molar-refractivity contribution in [3.8, 4) is 0 Å². The van der Waals surface area contributed by atoms with Crippen molar-refractivity contribution in [1.29, 1.82) is 0 Å². The van der Waals surface area contributed by atoms with Gasteiger partial charge in [0.15, 0.2) is 0 Å². The Morgan fingerprint density at radius 1 is 1.11 bits per heavy atom. The van der Waals surface area contributed by atoms with Gasteiger partial charge in [-0.3, -0.25) is 4.79 Å². The molecular weight excluding hydrogens is 256 g/mol. The number of carbonyl (C=O) groups excluding carboxylic acids is 1. The van der Waals surface area contributed by atoms with Crippen LogP contribution in [0.3, 0.4) is 0 Å². The van der Waals surface area contributed by atoms with Crippen molar-refractivity contribution < 1.29 is 4.79 Å². The third-order valence-electron chi connectivity index (χ3n) is 2.55. The van der Waals surface area contributed by atoms with Crippen LogP contribution in [-0.4, -0.2) is 11.7 Å². The van der Waals surface area contributed by atoms with E-state index >= 15 is 0 Å². The van der Waals surface area contributed by atoms with E-state index in [4.69, 9.17) is 5.73 Å². The standard InChI is InChI=1S/C15H16N2OS/c16-13-6-4-5-12(9-13)10-17-15(18)11-19-14-7-2-1-3-8-14/h1-9H,10-11,16H2,(H,17,18). The molecule has 2 rings (SSSR count). The molecule has 98 valence electrons. The van der Waals surface area contributed by atoms with E-state index in [9.17, 15) is 4.79 Å². The molecule has 19 heavy (non-hydrogen) atoms. The molecule has 0 saturated carbocycles. The van der Waals surface area contributed by atoms with Crippen LogP contribution in [0.1, 0.15) is 5.56 Å². The first-order valence-corrected chi connectivity index (χ1v) is 7.01. The van der Waals surface area contributed by atoms with Crippen LogP contribution in [0.4, 0.5) is 5.69 Å². The Bertz CT molecular complexity index is 543. The lowest BCUT2D eigenvalue weighted by atomic mass is 10.2. The maximum atomic E-state index is 11.7. The average molecular weight is 272 g/mol. The number of benzene rings is 2. The number of thioether (sulfide) groups is 1. The normalized spacial score (nSPS) is 10.1. The molecule has 2 aromatic rings. The van der Waals surface area contributed by atoms with Crippen molar-refractivity contribution in [3.05, 3.63) is 60.2 Å². The molecule has 0 fully saturated rings. The van der Waals surface area contributed by atoms with Crippen molar-refractivity contribution in [3.63, 3.8) is 0 Å². The Morgan fingerprint density at radius 2 is 1.89 bits per heavy atom. The molecule has 3 nitrogen and oxygen atoms in total. The SMILES string of the molecule is Nc1cccc(CNC(=O)CSc2ccccc2)c1. The highest BCUT2D eigenvalue weighted by atomic mass is 32.2. The fourth-order valence-corrected chi connectivity index (χ4v) is 2.37. The summed E-state index contributed by atoms with van der Waals surface area (Å²) in [5.41, 5.74) is 7.41. The van der Waals surface area contributed by atoms with E-state index in [2.05, 4.69) is 5.32 Å². The number of nitrogen functional groups attached to an aromatic ring is 1. The van der Waals surface area contributed by atoms with Crippen LogP contribution in [0.15, 0.2) is 59.5 Å². The number of nitrogens with two attached hydrogens (primary N) is 1. The third-order valence-corrected chi connectivity index (χ3v) is 3.57. The first-order chi connectivity index (χ1) is 9.24. The zero-order valence-electron chi connectivity index (χ0n) is 10.5. The van der Waals surface area contributed by atoms with E-state index < -0.39 is 0 Å². The van der Waals surface area contributed by atoms with Crippen molar-refractivity contribution in [2.24, 2.45) is 0 Å². The first kappa shape index (κ1) is 13.5. The lowest BCUT2D eigenvalue weighted by molar-refractivity contribution is -0.118. The van der Waals surface area contributed by atoms with Crippen LogP contribution < -0.4 is 11.1 Å². The van der Waals surface area contributed by atoms with Crippen LogP contribution in [-0.2, 0) is 11.3 Å². The molecule has 0 heterocycles. The molecule has 0 aromatic heterocycles. The second-order valence-corrected chi connectivity index (χ2v) is 5.17. The number of hydrogen-bond donors (Lipinski definition) is 2. The summed E-state index contributed by atoms with van der Waals surface area (Å²) in [6.07, 6.45) is 0. The number of nitrogens with one attached hydrogen (secondary N) is 1. The average Bonchev–Trinajstić information content (AvgIpc) is 2.44. The zero-order chi connectivity index (χ0) is 13.5. The monoisotopic (exact) mass is 272 g/mol. The number of amides is 1. The summed E-state index contributed by atoms with van der Waals surface area (Å²) < 4.78 is 0. The predicted octanol–water partition coefficient (Wildman–Crippen LogP) is 2.68. The number of carbonyl (C=O) groups is 1. The van der Waals surface area contributed by atoms with E-state index in [1.54, 1.807) is 0 Å². The van der Waals surface area contributed by atoms with Gasteiger partial charge in [0.2, 0.25) is 5.91 Å². The minimum Gasteiger partial charge on any atom is -0.399 e. The van der Waals surface area contributed by atoms with Gasteiger partial charge in [-0.05, 0) is 29.8 Å². The second-order valence-electron chi connectivity index (χ2n) is 4.12. The van der Waals surface area contributed by atoms with E-state index in [0.717, 1.165) is 10.5 Å². The molecule has 0 aliphatic rings. The Kier molecular flexibility index (Phi) is 4.86. The van der Waals surface area contributed by atoms with Gasteiger partial charge in [-0.15, -0.1) is 11.8 Å². The summed E-state index contributed by atoms with van der Waals surface area (Å²) in [4.78, 5) is 12.8. The molecule has 3 N–H and O–H groups in total. The predicted molar refractivity (Wildman–Crippen MR) is 79.9 cm³/mol. The van der Waals surface area contributed by atoms with Crippen molar-refractivity contribution in [2.75, 3.05) is 11.5 Å².